The summed E-state index contributed by atoms with van der Waals surface area (Å²) < 4.78 is 11.1. The predicted octanol–water partition coefficient (Wildman–Crippen LogP) is 3.05. The molecule has 3 N–H and O–H groups in total. The lowest BCUT2D eigenvalue weighted by atomic mass is 10.1. The van der Waals surface area contributed by atoms with E-state index >= 15 is 0 Å². The molecule has 5 nitrogen and oxygen atoms in total. The van der Waals surface area contributed by atoms with Crippen molar-refractivity contribution in [1.29, 1.82) is 5.41 Å². The Morgan fingerprint density at radius 2 is 1.78 bits per heavy atom. The summed E-state index contributed by atoms with van der Waals surface area (Å²) in [5, 5.41) is 7.64. The van der Waals surface area contributed by atoms with Crippen LogP contribution in [-0.2, 0) is 6.61 Å². The molecular weight excluding hydrogens is 314 g/mol. The second-order valence-corrected chi connectivity index (χ2v) is 5.10. The van der Waals surface area contributed by atoms with Gasteiger partial charge >= 0.3 is 0 Å². The van der Waals surface area contributed by atoms with Crippen LogP contribution >= 0.6 is 12.4 Å². The van der Waals surface area contributed by atoms with Crippen LogP contribution in [0.4, 0.5) is 5.69 Å². The van der Waals surface area contributed by atoms with Crippen molar-refractivity contribution in [3.8, 4) is 11.5 Å². The Bertz CT molecular complexity index is 657. The molecule has 2 aromatic carbocycles. The first-order valence-corrected chi connectivity index (χ1v) is 6.93. The number of halogens is 1. The Hall–Kier alpha value is -2.40. The van der Waals surface area contributed by atoms with Gasteiger partial charge in [-0.1, -0.05) is 18.2 Å². The van der Waals surface area contributed by atoms with Gasteiger partial charge in [0.25, 0.3) is 0 Å². The number of methoxy groups -OCH3 is 1. The van der Waals surface area contributed by atoms with E-state index in [9.17, 15) is 0 Å². The first-order chi connectivity index (χ1) is 10.5. The fourth-order valence-electron chi connectivity index (χ4n) is 2.08. The lowest BCUT2D eigenvalue weighted by Gasteiger charge is -2.15. The Morgan fingerprint density at radius 1 is 1.13 bits per heavy atom. The molecule has 6 heteroatoms. The standard InChI is InChI=1S/C17H21N3O2.ClH/c1-20(2)13-9-7-12(8-10-13)11-22-16-14(17(18)19)5-4-6-15(16)21-3;/h4-10H,11H2,1-3H3,(H3,18,19);1H. The SMILES string of the molecule is COc1cccc(C(=N)N)c1OCc1ccc(N(C)C)cc1.Cl. The summed E-state index contributed by atoms with van der Waals surface area (Å²) in [5.41, 5.74) is 8.30. The van der Waals surface area contributed by atoms with E-state index in [0.717, 1.165) is 11.3 Å². The summed E-state index contributed by atoms with van der Waals surface area (Å²) in [7, 11) is 5.57. The number of nitrogens with two attached hydrogens (primary N) is 1. The Morgan fingerprint density at radius 3 is 2.30 bits per heavy atom. The molecule has 0 saturated heterocycles. The van der Waals surface area contributed by atoms with Crippen LogP contribution in [0.25, 0.3) is 0 Å². The zero-order valence-corrected chi connectivity index (χ0v) is 14.3. The minimum atomic E-state index is -0.0446. The highest BCUT2D eigenvalue weighted by molar-refractivity contribution is 5.98. The van der Waals surface area contributed by atoms with Gasteiger partial charge in [0.05, 0.1) is 12.7 Å². The van der Waals surface area contributed by atoms with Crippen LogP contribution in [0.15, 0.2) is 42.5 Å². The largest absolute Gasteiger partial charge is 0.493 e. The van der Waals surface area contributed by atoms with Crippen LogP contribution in [0.2, 0.25) is 0 Å². The van der Waals surface area contributed by atoms with Crippen molar-refractivity contribution in [3.63, 3.8) is 0 Å². The molecule has 0 aliphatic rings. The highest BCUT2D eigenvalue weighted by Crippen LogP contribution is 2.31. The van der Waals surface area contributed by atoms with Crippen molar-refractivity contribution in [3.05, 3.63) is 53.6 Å². The van der Waals surface area contributed by atoms with Gasteiger partial charge in [0.1, 0.15) is 12.4 Å². The Labute approximate surface area is 142 Å². The van der Waals surface area contributed by atoms with Crippen LogP contribution < -0.4 is 20.1 Å². The highest BCUT2D eigenvalue weighted by Gasteiger charge is 2.13. The van der Waals surface area contributed by atoms with E-state index in [-0.39, 0.29) is 18.2 Å². The summed E-state index contributed by atoms with van der Waals surface area (Å²) in [6, 6.07) is 13.4. The van der Waals surface area contributed by atoms with E-state index < -0.39 is 0 Å². The second-order valence-electron chi connectivity index (χ2n) is 5.10. The molecule has 2 rings (SSSR count). The predicted molar refractivity (Wildman–Crippen MR) is 96.4 cm³/mol. The second kappa shape index (κ2) is 8.29. The highest BCUT2D eigenvalue weighted by atomic mass is 35.5. The summed E-state index contributed by atoms with van der Waals surface area (Å²) in [6.07, 6.45) is 0. The van der Waals surface area contributed by atoms with E-state index in [1.165, 1.54) is 0 Å². The quantitative estimate of drug-likeness (QED) is 0.628. The third kappa shape index (κ3) is 4.53. The van der Waals surface area contributed by atoms with E-state index in [0.29, 0.717) is 23.7 Å². The Balaban J connectivity index is 0.00000264. The maximum atomic E-state index is 7.64. The number of benzene rings is 2. The molecule has 0 spiro atoms. The van der Waals surface area contributed by atoms with Gasteiger partial charge in [-0.15, -0.1) is 12.4 Å². The number of anilines is 1. The molecule has 0 radical (unpaired) electrons. The molecule has 0 unspecified atom stereocenters. The minimum Gasteiger partial charge on any atom is -0.493 e. The summed E-state index contributed by atoms with van der Waals surface area (Å²) >= 11 is 0. The average Bonchev–Trinajstić information content (AvgIpc) is 2.52. The molecule has 124 valence electrons. The molecule has 2 aromatic rings. The maximum Gasteiger partial charge on any atom is 0.172 e. The topological polar surface area (TPSA) is 71.6 Å². The third-order valence-electron chi connectivity index (χ3n) is 3.32. The number of amidine groups is 1. The molecule has 0 atom stereocenters. The number of nitrogen functional groups attached to an aromatic ring is 1. The number of para-hydroxylation sites is 1. The van der Waals surface area contributed by atoms with Crippen molar-refractivity contribution in [2.75, 3.05) is 26.1 Å². The monoisotopic (exact) mass is 335 g/mol. The van der Waals surface area contributed by atoms with Crippen molar-refractivity contribution in [2.45, 2.75) is 6.61 Å². The van der Waals surface area contributed by atoms with Gasteiger partial charge in [-0.05, 0) is 29.8 Å². The van der Waals surface area contributed by atoms with Gasteiger partial charge < -0.3 is 20.1 Å². The van der Waals surface area contributed by atoms with Gasteiger partial charge in [0, 0.05) is 19.8 Å². The molecular formula is C17H22ClN3O2. The zero-order valence-electron chi connectivity index (χ0n) is 13.5. The smallest absolute Gasteiger partial charge is 0.172 e. The van der Waals surface area contributed by atoms with E-state index in [1.54, 1.807) is 25.3 Å². The maximum absolute atomic E-state index is 7.64. The van der Waals surface area contributed by atoms with Crippen molar-refractivity contribution >= 4 is 23.9 Å². The van der Waals surface area contributed by atoms with Gasteiger partial charge in [-0.25, -0.2) is 0 Å². The van der Waals surface area contributed by atoms with Crippen molar-refractivity contribution in [2.24, 2.45) is 5.73 Å². The number of hydrogen-bond donors (Lipinski definition) is 2. The molecule has 0 amide bonds. The van der Waals surface area contributed by atoms with Crippen LogP contribution in [0.3, 0.4) is 0 Å². The lowest BCUT2D eigenvalue weighted by Crippen LogP contribution is -2.13. The molecule has 0 aliphatic heterocycles. The summed E-state index contributed by atoms with van der Waals surface area (Å²) in [5.74, 6) is 1.02. The third-order valence-corrected chi connectivity index (χ3v) is 3.32. The number of nitrogens with zero attached hydrogens (tertiary/aromatic N) is 1. The molecule has 23 heavy (non-hydrogen) atoms. The van der Waals surface area contributed by atoms with Crippen molar-refractivity contribution < 1.29 is 9.47 Å². The molecule has 0 saturated carbocycles. The van der Waals surface area contributed by atoms with Gasteiger partial charge in [-0.3, -0.25) is 5.41 Å². The van der Waals surface area contributed by atoms with Crippen LogP contribution in [0.1, 0.15) is 11.1 Å². The molecule has 0 heterocycles. The average molecular weight is 336 g/mol. The number of nitrogens with one attached hydrogen (secondary N) is 1. The summed E-state index contributed by atoms with van der Waals surface area (Å²) in [6.45, 7) is 0.383. The zero-order chi connectivity index (χ0) is 16.1. The Kier molecular flexibility index (Phi) is 6.72. The normalized spacial score (nSPS) is 9.70. The summed E-state index contributed by atoms with van der Waals surface area (Å²) in [4.78, 5) is 2.04. The molecule has 0 fully saturated rings. The van der Waals surface area contributed by atoms with Crippen LogP contribution in [-0.4, -0.2) is 27.0 Å². The van der Waals surface area contributed by atoms with Gasteiger partial charge in [0.15, 0.2) is 11.5 Å². The van der Waals surface area contributed by atoms with Crippen LogP contribution in [0, 0.1) is 5.41 Å². The van der Waals surface area contributed by atoms with E-state index in [1.807, 2.05) is 43.3 Å². The minimum absolute atomic E-state index is 0. The van der Waals surface area contributed by atoms with Crippen LogP contribution in [0.5, 0.6) is 11.5 Å². The lowest BCUT2D eigenvalue weighted by molar-refractivity contribution is 0.284. The molecule has 0 bridgehead atoms. The van der Waals surface area contributed by atoms with Gasteiger partial charge in [-0.2, -0.15) is 0 Å². The van der Waals surface area contributed by atoms with E-state index in [4.69, 9.17) is 20.6 Å². The molecule has 0 aromatic heterocycles. The fraction of sp³-hybridized carbons (Fsp3) is 0.235. The van der Waals surface area contributed by atoms with Gasteiger partial charge in [0.2, 0.25) is 0 Å². The van der Waals surface area contributed by atoms with Crippen molar-refractivity contribution in [1.82, 2.24) is 0 Å². The van der Waals surface area contributed by atoms with E-state index in [2.05, 4.69) is 0 Å². The number of ether oxygens (including phenoxy) is 2. The first kappa shape index (κ1) is 18.6. The first-order valence-electron chi connectivity index (χ1n) is 6.93. The number of rotatable bonds is 6. The fourth-order valence-corrected chi connectivity index (χ4v) is 2.08. The number of hydrogen-bond acceptors (Lipinski definition) is 4. The molecule has 0 aliphatic carbocycles.